The summed E-state index contributed by atoms with van der Waals surface area (Å²) < 4.78 is 32.6. The molecule has 1 aliphatic rings. The molecule has 3 rings (SSSR count). The quantitative estimate of drug-likeness (QED) is 0.161. The number of hydrogen-bond donors (Lipinski definition) is 6. The van der Waals surface area contributed by atoms with Crippen LogP contribution in [0, 0.1) is 29.4 Å². The number of carbonyl (C=O) groups excluding carboxylic acids is 4. The third kappa shape index (κ3) is 10.6. The van der Waals surface area contributed by atoms with Gasteiger partial charge < -0.3 is 36.0 Å². The fraction of sp³-hybridized carbons (Fsp3) is 0.455. The Morgan fingerprint density at radius 2 is 1.46 bits per heavy atom. The lowest BCUT2D eigenvalue weighted by atomic mass is 9.78. The zero-order chi connectivity index (χ0) is 35.7. The first-order valence-electron chi connectivity index (χ1n) is 15.3. The van der Waals surface area contributed by atoms with Crippen LogP contribution >= 0.6 is 0 Å². The number of methoxy groups -OCH3 is 1. The van der Waals surface area contributed by atoms with Gasteiger partial charge in [-0.3, -0.25) is 24.0 Å². The first-order chi connectivity index (χ1) is 22.6. The third-order valence-electron chi connectivity index (χ3n) is 8.12. The van der Waals surface area contributed by atoms with E-state index in [2.05, 4.69) is 20.7 Å². The zero-order valence-corrected chi connectivity index (χ0v) is 26.6. The maximum Gasteiger partial charge on any atom is 0.337 e. The summed E-state index contributed by atoms with van der Waals surface area (Å²) in [6.45, 7) is 3.26. The van der Waals surface area contributed by atoms with E-state index < -0.39 is 95.7 Å². The molecule has 48 heavy (non-hydrogen) atoms. The average molecular weight is 676 g/mol. The largest absolute Gasteiger partial charge is 0.481 e. The van der Waals surface area contributed by atoms with Crippen molar-refractivity contribution in [1.29, 1.82) is 0 Å². The number of hydrogen-bond acceptors (Lipinski definition) is 8. The number of nitrogens with one attached hydrogen (secondary N) is 3. The number of aliphatic hydroxyl groups is 1. The monoisotopic (exact) mass is 675 g/mol. The van der Waals surface area contributed by atoms with Gasteiger partial charge in [-0.15, -0.1) is 0 Å². The fourth-order valence-electron chi connectivity index (χ4n) is 5.65. The lowest BCUT2D eigenvalue weighted by molar-refractivity contribution is -0.149. The molecule has 2 aromatic rings. The number of aliphatic hydroxyl groups excluding tert-OH is 1. The van der Waals surface area contributed by atoms with Crippen molar-refractivity contribution in [1.82, 2.24) is 16.0 Å². The molecule has 1 fully saturated rings. The Labute approximate surface area is 275 Å². The van der Waals surface area contributed by atoms with Crippen LogP contribution in [-0.4, -0.2) is 82.3 Å². The summed E-state index contributed by atoms with van der Waals surface area (Å²) in [7, 11) is 1.16. The van der Waals surface area contributed by atoms with E-state index in [1.807, 2.05) is 0 Å². The van der Waals surface area contributed by atoms with Gasteiger partial charge in [0.2, 0.25) is 11.8 Å². The Hall–Kier alpha value is -4.92. The van der Waals surface area contributed by atoms with Crippen molar-refractivity contribution in [2.75, 3.05) is 7.11 Å². The molecule has 2 aromatic carbocycles. The first-order valence-corrected chi connectivity index (χ1v) is 15.3. The molecule has 1 saturated carbocycles. The van der Waals surface area contributed by atoms with Crippen LogP contribution in [0.2, 0.25) is 0 Å². The van der Waals surface area contributed by atoms with Crippen molar-refractivity contribution in [2.24, 2.45) is 17.8 Å². The van der Waals surface area contributed by atoms with Gasteiger partial charge in [-0.05, 0) is 67.5 Å². The maximum atomic E-state index is 14.0. The van der Waals surface area contributed by atoms with Gasteiger partial charge in [-0.2, -0.15) is 0 Å². The Balaban J connectivity index is 1.76. The summed E-state index contributed by atoms with van der Waals surface area (Å²) in [6, 6.07) is 4.90. The summed E-state index contributed by atoms with van der Waals surface area (Å²) in [4.78, 5) is 74.6. The van der Waals surface area contributed by atoms with Crippen molar-refractivity contribution in [3.8, 4) is 0 Å². The predicted octanol–water partition coefficient (Wildman–Crippen LogP) is 2.05. The molecule has 0 radical (unpaired) electrons. The van der Waals surface area contributed by atoms with Crippen LogP contribution < -0.4 is 16.0 Å². The SMILES string of the molecule is COC(=O)c1cccc(C(=O)NC(Cc2cc(F)cc(F)c2)C(O)CC(=O)NC(C(=O)NC2CC(C(=O)O)CC(C(=O)O)C2)C(C)C)c1. The van der Waals surface area contributed by atoms with Crippen LogP contribution in [0.5, 0.6) is 0 Å². The maximum absolute atomic E-state index is 14.0. The molecule has 15 heteroatoms. The van der Waals surface area contributed by atoms with Gasteiger partial charge in [-0.25, -0.2) is 13.6 Å². The lowest BCUT2D eigenvalue weighted by Gasteiger charge is -2.33. The second-order valence-corrected chi connectivity index (χ2v) is 12.2. The van der Waals surface area contributed by atoms with Crippen LogP contribution in [-0.2, 0) is 30.3 Å². The summed E-state index contributed by atoms with van der Waals surface area (Å²) >= 11 is 0. The van der Waals surface area contributed by atoms with Crippen LogP contribution in [0.1, 0.15) is 65.8 Å². The van der Waals surface area contributed by atoms with Crippen LogP contribution in [0.25, 0.3) is 0 Å². The number of amides is 3. The predicted molar refractivity (Wildman–Crippen MR) is 165 cm³/mol. The van der Waals surface area contributed by atoms with Gasteiger partial charge in [0.1, 0.15) is 17.7 Å². The highest BCUT2D eigenvalue weighted by Crippen LogP contribution is 2.30. The highest BCUT2D eigenvalue weighted by atomic mass is 19.1. The molecule has 0 bridgehead atoms. The molecular formula is C33H39F2N3O10. The number of ether oxygens (including phenoxy) is 1. The minimum atomic E-state index is -1.63. The van der Waals surface area contributed by atoms with Crippen molar-refractivity contribution < 1.29 is 57.6 Å². The van der Waals surface area contributed by atoms with Gasteiger partial charge >= 0.3 is 17.9 Å². The van der Waals surface area contributed by atoms with Crippen LogP contribution in [0.15, 0.2) is 42.5 Å². The number of rotatable bonds is 14. The normalized spacial score (nSPS) is 19.4. The smallest absolute Gasteiger partial charge is 0.337 e. The van der Waals surface area contributed by atoms with Crippen molar-refractivity contribution in [3.63, 3.8) is 0 Å². The number of esters is 1. The molecule has 0 aliphatic heterocycles. The highest BCUT2D eigenvalue weighted by Gasteiger charge is 2.38. The molecule has 6 N–H and O–H groups in total. The Kier molecular flexibility index (Phi) is 13.1. The third-order valence-corrected chi connectivity index (χ3v) is 8.12. The lowest BCUT2D eigenvalue weighted by Crippen LogP contribution is -2.55. The van der Waals surface area contributed by atoms with Gasteiger partial charge in [-0.1, -0.05) is 19.9 Å². The molecule has 5 unspecified atom stereocenters. The molecule has 260 valence electrons. The Bertz CT molecular complexity index is 1490. The van der Waals surface area contributed by atoms with Gasteiger partial charge in [0.25, 0.3) is 5.91 Å². The van der Waals surface area contributed by atoms with E-state index in [-0.39, 0.29) is 42.4 Å². The van der Waals surface area contributed by atoms with Crippen molar-refractivity contribution >= 4 is 35.6 Å². The zero-order valence-electron chi connectivity index (χ0n) is 26.6. The van der Waals surface area contributed by atoms with E-state index in [4.69, 9.17) is 0 Å². The minimum Gasteiger partial charge on any atom is -0.481 e. The van der Waals surface area contributed by atoms with Crippen molar-refractivity contribution in [3.05, 3.63) is 70.8 Å². The molecule has 0 heterocycles. The van der Waals surface area contributed by atoms with Crippen LogP contribution in [0.4, 0.5) is 8.78 Å². The molecule has 13 nitrogen and oxygen atoms in total. The summed E-state index contributed by atoms with van der Waals surface area (Å²) in [5, 5.41) is 37.7. The minimum absolute atomic E-state index is 0.000459. The number of benzene rings is 2. The number of carboxylic acids is 2. The molecule has 0 aromatic heterocycles. The molecule has 0 saturated heterocycles. The van der Waals surface area contributed by atoms with E-state index in [1.54, 1.807) is 13.8 Å². The van der Waals surface area contributed by atoms with Crippen molar-refractivity contribution in [2.45, 2.75) is 70.2 Å². The summed E-state index contributed by atoms with van der Waals surface area (Å²) in [5.41, 5.74) is 0.128. The summed E-state index contributed by atoms with van der Waals surface area (Å²) in [5.74, 6) is -9.58. The Morgan fingerprint density at radius 3 is 2.00 bits per heavy atom. The van der Waals surface area contributed by atoms with E-state index in [0.29, 0.717) is 6.07 Å². The fourth-order valence-corrected chi connectivity index (χ4v) is 5.65. The van der Waals surface area contributed by atoms with E-state index in [9.17, 15) is 52.9 Å². The molecular weight excluding hydrogens is 636 g/mol. The standard InChI is InChI=1S/C33H39F2N3O10/c1-16(2)28(30(42)36-24-12-20(31(43)44)11-21(13-24)32(45)46)38-27(40)15-26(39)25(9-17-7-22(34)14-23(35)8-17)37-29(41)18-5-4-6-19(10-18)33(47)48-3/h4-8,10,14,16,20-21,24-26,28,39H,9,11-13,15H2,1-3H3,(H,36,42)(H,37,41)(H,38,40)(H,43,44)(H,45,46). The van der Waals surface area contributed by atoms with E-state index in [0.717, 1.165) is 19.2 Å². The number of aliphatic carboxylic acids is 2. The first kappa shape index (κ1) is 37.5. The Morgan fingerprint density at radius 1 is 0.875 bits per heavy atom. The average Bonchev–Trinajstić information content (AvgIpc) is 3.01. The number of carboxylic acid groups (broad SMARTS) is 2. The topological polar surface area (TPSA) is 208 Å². The second-order valence-electron chi connectivity index (χ2n) is 12.2. The van der Waals surface area contributed by atoms with Gasteiger partial charge in [0.05, 0.1) is 43.1 Å². The molecule has 0 spiro atoms. The summed E-state index contributed by atoms with van der Waals surface area (Å²) in [6.07, 6.45) is -2.66. The number of carbonyl (C=O) groups is 6. The van der Waals surface area contributed by atoms with E-state index >= 15 is 0 Å². The molecule has 3 amide bonds. The molecule has 1 aliphatic carbocycles. The van der Waals surface area contributed by atoms with Gasteiger partial charge in [0, 0.05) is 17.7 Å². The highest BCUT2D eigenvalue weighted by molar-refractivity contribution is 5.98. The number of halogens is 2. The molecule has 5 atom stereocenters. The van der Waals surface area contributed by atoms with Gasteiger partial charge in [0.15, 0.2) is 0 Å². The van der Waals surface area contributed by atoms with E-state index in [1.165, 1.54) is 24.3 Å². The van der Waals surface area contributed by atoms with Crippen LogP contribution in [0.3, 0.4) is 0 Å². The second kappa shape index (κ2) is 16.8.